The van der Waals surface area contributed by atoms with Crippen molar-refractivity contribution in [3.63, 3.8) is 0 Å². The first kappa shape index (κ1) is 18.0. The van der Waals surface area contributed by atoms with Gasteiger partial charge < -0.3 is 15.5 Å². The van der Waals surface area contributed by atoms with Gasteiger partial charge in [-0.1, -0.05) is 18.2 Å². The molecule has 3 amide bonds. The van der Waals surface area contributed by atoms with Crippen LogP contribution in [0.15, 0.2) is 41.8 Å². The zero-order valence-corrected chi connectivity index (χ0v) is 15.7. The highest BCUT2D eigenvalue weighted by Gasteiger charge is 2.61. The summed E-state index contributed by atoms with van der Waals surface area (Å²) < 4.78 is 13.2. The molecule has 1 aliphatic heterocycles. The van der Waals surface area contributed by atoms with E-state index in [0.717, 1.165) is 23.3 Å². The summed E-state index contributed by atoms with van der Waals surface area (Å²) in [5.41, 5.74) is 0.671. The molecule has 1 spiro atoms. The number of nitrogens with zero attached hydrogens (tertiary/aromatic N) is 1. The van der Waals surface area contributed by atoms with Crippen LogP contribution in [0.5, 0.6) is 0 Å². The third-order valence-corrected chi connectivity index (χ3v) is 6.40. The second-order valence-corrected chi connectivity index (χ2v) is 8.41. The van der Waals surface area contributed by atoms with Crippen molar-refractivity contribution in [1.29, 1.82) is 0 Å². The van der Waals surface area contributed by atoms with Gasteiger partial charge in [0, 0.05) is 35.8 Å². The minimum atomic E-state index is -0.309. The van der Waals surface area contributed by atoms with Gasteiger partial charge in [-0.2, -0.15) is 0 Å². The zero-order chi connectivity index (χ0) is 18.9. The van der Waals surface area contributed by atoms with Crippen LogP contribution < -0.4 is 10.6 Å². The number of hydrogen-bond donors (Lipinski definition) is 2. The predicted molar refractivity (Wildman–Crippen MR) is 102 cm³/mol. The van der Waals surface area contributed by atoms with Crippen LogP contribution in [-0.2, 0) is 17.9 Å². The number of carbonyl (C=O) groups excluding carboxylic acids is 2. The van der Waals surface area contributed by atoms with Crippen LogP contribution in [0.25, 0.3) is 0 Å². The average molecular weight is 387 g/mol. The summed E-state index contributed by atoms with van der Waals surface area (Å²) in [5.74, 6) is -0.222. The van der Waals surface area contributed by atoms with E-state index in [1.165, 1.54) is 12.1 Å². The average Bonchev–Trinajstić information content (AvgIpc) is 3.01. The second kappa shape index (κ2) is 7.31. The number of carbonyl (C=O) groups is 2. The molecular formula is C20H22FN3O2S. The Hall–Kier alpha value is -2.41. The molecule has 1 saturated carbocycles. The Balaban J connectivity index is 1.25. The van der Waals surface area contributed by atoms with Crippen molar-refractivity contribution in [2.45, 2.75) is 25.9 Å². The predicted octanol–water partition coefficient (Wildman–Crippen LogP) is 3.13. The summed E-state index contributed by atoms with van der Waals surface area (Å²) in [6, 6.07) is 10.0. The molecule has 2 N–H and O–H groups in total. The molecule has 0 unspecified atom stereocenters. The van der Waals surface area contributed by atoms with E-state index in [0.29, 0.717) is 26.2 Å². The third kappa shape index (κ3) is 3.98. The molecule has 2 heterocycles. The molecular weight excluding hydrogens is 365 g/mol. The number of rotatable bonds is 5. The minimum Gasteiger partial charge on any atom is -0.351 e. The summed E-state index contributed by atoms with van der Waals surface area (Å²) >= 11 is 1.63. The lowest BCUT2D eigenvalue weighted by atomic mass is 10.0. The molecule has 7 heteroatoms. The van der Waals surface area contributed by atoms with E-state index >= 15 is 0 Å². The highest BCUT2D eigenvalue weighted by atomic mass is 32.1. The minimum absolute atomic E-state index is 0.00141. The van der Waals surface area contributed by atoms with Gasteiger partial charge >= 0.3 is 6.03 Å². The lowest BCUT2D eigenvalue weighted by Gasteiger charge is -2.17. The molecule has 2 aromatic rings. The summed E-state index contributed by atoms with van der Waals surface area (Å²) in [6.45, 7) is 2.13. The maximum atomic E-state index is 13.2. The number of thiophene rings is 1. The molecule has 1 aromatic heterocycles. The van der Waals surface area contributed by atoms with Crippen LogP contribution in [0.1, 0.15) is 23.3 Å². The normalized spacial score (nSPS) is 23.4. The number of urea groups is 1. The Morgan fingerprint density at radius 1 is 1.22 bits per heavy atom. The van der Waals surface area contributed by atoms with E-state index in [4.69, 9.17) is 0 Å². The van der Waals surface area contributed by atoms with Gasteiger partial charge in [-0.15, -0.1) is 11.3 Å². The quantitative estimate of drug-likeness (QED) is 0.828. The summed E-state index contributed by atoms with van der Waals surface area (Å²) in [4.78, 5) is 27.7. The topological polar surface area (TPSA) is 61.4 Å². The van der Waals surface area contributed by atoms with Crippen molar-refractivity contribution in [3.8, 4) is 0 Å². The molecule has 2 atom stereocenters. The summed E-state index contributed by atoms with van der Waals surface area (Å²) in [5, 5.41) is 7.85. The van der Waals surface area contributed by atoms with Crippen LogP contribution in [0.2, 0.25) is 0 Å². The Morgan fingerprint density at radius 2 is 2.11 bits per heavy atom. The van der Waals surface area contributed by atoms with Gasteiger partial charge in [0.25, 0.3) is 0 Å². The smallest absolute Gasteiger partial charge is 0.317 e. The van der Waals surface area contributed by atoms with Crippen LogP contribution >= 0.6 is 11.3 Å². The summed E-state index contributed by atoms with van der Waals surface area (Å²) in [7, 11) is 0. The molecule has 2 fully saturated rings. The Kier molecular flexibility index (Phi) is 4.86. The zero-order valence-electron chi connectivity index (χ0n) is 14.9. The van der Waals surface area contributed by atoms with Crippen molar-refractivity contribution in [2.75, 3.05) is 13.1 Å². The monoisotopic (exact) mass is 387 g/mol. The number of amides is 3. The molecule has 0 radical (unpaired) electrons. The SMILES string of the molecule is O=C(NCc1cccs1)[C@@H]1C[C@@]12CCN(C(=O)NCc1cccc(F)c1)C2. The lowest BCUT2D eigenvalue weighted by Crippen LogP contribution is -2.38. The van der Waals surface area contributed by atoms with Gasteiger partial charge in [0.05, 0.1) is 6.54 Å². The van der Waals surface area contributed by atoms with E-state index in [1.807, 2.05) is 17.5 Å². The standard InChI is InChI=1S/C20H22FN3O2S/c21-15-4-1-3-14(9-15)11-23-19(26)24-7-6-20(13-24)10-17(20)18(25)22-12-16-5-2-8-27-16/h1-5,8-9,17H,6-7,10-13H2,(H,22,25)(H,23,26)/t17-,20+/m0/s1. The third-order valence-electron chi connectivity index (χ3n) is 5.53. The highest BCUT2D eigenvalue weighted by Crippen LogP contribution is 2.58. The Labute approximate surface area is 161 Å². The molecule has 4 rings (SSSR count). The first-order chi connectivity index (χ1) is 13.1. The Morgan fingerprint density at radius 3 is 2.89 bits per heavy atom. The number of likely N-dealkylation sites (tertiary alicyclic amines) is 1. The Bertz CT molecular complexity index is 842. The van der Waals surface area contributed by atoms with Gasteiger partial charge in [-0.05, 0) is 42.0 Å². The van der Waals surface area contributed by atoms with E-state index < -0.39 is 0 Å². The van der Waals surface area contributed by atoms with Crippen molar-refractivity contribution in [1.82, 2.24) is 15.5 Å². The van der Waals surface area contributed by atoms with Crippen LogP contribution in [0.4, 0.5) is 9.18 Å². The number of benzene rings is 1. The molecule has 5 nitrogen and oxygen atoms in total. The fourth-order valence-electron chi connectivity index (χ4n) is 3.89. The fraction of sp³-hybridized carbons (Fsp3) is 0.400. The van der Waals surface area contributed by atoms with E-state index in [9.17, 15) is 14.0 Å². The molecule has 1 aliphatic carbocycles. The van der Waals surface area contributed by atoms with Crippen molar-refractivity contribution in [2.24, 2.45) is 11.3 Å². The second-order valence-electron chi connectivity index (χ2n) is 7.38. The van der Waals surface area contributed by atoms with Gasteiger partial charge in [0.2, 0.25) is 5.91 Å². The molecule has 27 heavy (non-hydrogen) atoms. The lowest BCUT2D eigenvalue weighted by molar-refractivity contribution is -0.123. The van der Waals surface area contributed by atoms with Gasteiger partial charge in [0.15, 0.2) is 0 Å². The fourth-order valence-corrected chi connectivity index (χ4v) is 4.53. The van der Waals surface area contributed by atoms with Gasteiger partial charge in [0.1, 0.15) is 5.82 Å². The van der Waals surface area contributed by atoms with Crippen LogP contribution in [-0.4, -0.2) is 29.9 Å². The first-order valence-electron chi connectivity index (χ1n) is 9.13. The van der Waals surface area contributed by atoms with Gasteiger partial charge in [-0.25, -0.2) is 9.18 Å². The van der Waals surface area contributed by atoms with Gasteiger partial charge in [-0.3, -0.25) is 4.79 Å². The highest BCUT2D eigenvalue weighted by molar-refractivity contribution is 7.09. The molecule has 1 aromatic carbocycles. The maximum absolute atomic E-state index is 13.2. The molecule has 1 saturated heterocycles. The van der Waals surface area contributed by atoms with E-state index in [-0.39, 0.29) is 29.1 Å². The van der Waals surface area contributed by atoms with E-state index in [2.05, 4.69) is 10.6 Å². The van der Waals surface area contributed by atoms with Crippen molar-refractivity contribution < 1.29 is 14.0 Å². The van der Waals surface area contributed by atoms with Crippen molar-refractivity contribution in [3.05, 3.63) is 58.0 Å². The number of halogens is 1. The summed E-state index contributed by atoms with van der Waals surface area (Å²) in [6.07, 6.45) is 1.70. The molecule has 2 aliphatic rings. The van der Waals surface area contributed by atoms with Crippen molar-refractivity contribution >= 4 is 23.3 Å². The molecule has 0 bridgehead atoms. The molecule has 142 valence electrons. The largest absolute Gasteiger partial charge is 0.351 e. The maximum Gasteiger partial charge on any atom is 0.317 e. The number of nitrogens with one attached hydrogen (secondary N) is 2. The number of hydrogen-bond acceptors (Lipinski definition) is 3. The first-order valence-corrected chi connectivity index (χ1v) is 10.0. The van der Waals surface area contributed by atoms with Crippen LogP contribution in [0.3, 0.4) is 0 Å². The van der Waals surface area contributed by atoms with Crippen LogP contribution in [0, 0.1) is 17.2 Å². The van der Waals surface area contributed by atoms with E-state index in [1.54, 1.807) is 28.4 Å².